The number of benzene rings is 2. The SMILES string of the molecule is Cc1cccc2cc([C@@H](c3nnnn3Cc3ccc(F)cc3)N3CCC[C@H](C)C3)c(=O)[nH]c12. The first-order chi connectivity index (χ1) is 16.0. The number of aromatic nitrogens is 5. The number of hydrogen-bond donors (Lipinski definition) is 1. The average Bonchev–Trinajstić information content (AvgIpc) is 3.24. The average molecular weight is 447 g/mol. The highest BCUT2D eigenvalue weighted by Gasteiger charge is 2.32. The predicted octanol–water partition coefficient (Wildman–Crippen LogP) is 3.83. The Morgan fingerprint density at radius 3 is 2.82 bits per heavy atom. The molecule has 7 nitrogen and oxygen atoms in total. The van der Waals surface area contributed by atoms with Gasteiger partial charge in [-0.05, 0) is 77.4 Å². The van der Waals surface area contributed by atoms with Crippen molar-refractivity contribution in [3.63, 3.8) is 0 Å². The van der Waals surface area contributed by atoms with Gasteiger partial charge in [-0.15, -0.1) is 5.10 Å². The number of aromatic amines is 1. The lowest BCUT2D eigenvalue weighted by atomic mass is 9.95. The van der Waals surface area contributed by atoms with Crippen LogP contribution in [0.3, 0.4) is 0 Å². The Kier molecular flexibility index (Phi) is 5.76. The van der Waals surface area contributed by atoms with Gasteiger partial charge in [0.1, 0.15) is 11.9 Å². The van der Waals surface area contributed by atoms with Crippen LogP contribution in [0.5, 0.6) is 0 Å². The lowest BCUT2D eigenvalue weighted by Gasteiger charge is -2.36. The molecule has 1 saturated heterocycles. The molecule has 1 aliphatic rings. The molecule has 0 saturated carbocycles. The number of pyridine rings is 1. The van der Waals surface area contributed by atoms with Crippen LogP contribution in [-0.4, -0.2) is 43.2 Å². The van der Waals surface area contributed by atoms with E-state index in [1.807, 2.05) is 31.2 Å². The molecule has 0 aliphatic carbocycles. The molecule has 8 heteroatoms. The van der Waals surface area contributed by atoms with Gasteiger partial charge in [-0.2, -0.15) is 0 Å². The van der Waals surface area contributed by atoms with E-state index in [4.69, 9.17) is 0 Å². The number of likely N-dealkylation sites (tertiary alicyclic amines) is 1. The Balaban J connectivity index is 1.62. The zero-order valence-corrected chi connectivity index (χ0v) is 18.8. The van der Waals surface area contributed by atoms with E-state index in [0.717, 1.165) is 48.0 Å². The minimum Gasteiger partial charge on any atom is -0.321 e. The van der Waals surface area contributed by atoms with Gasteiger partial charge in [-0.1, -0.05) is 37.3 Å². The van der Waals surface area contributed by atoms with Gasteiger partial charge >= 0.3 is 0 Å². The van der Waals surface area contributed by atoms with Crippen molar-refractivity contribution < 1.29 is 4.39 Å². The van der Waals surface area contributed by atoms with Crippen LogP contribution < -0.4 is 5.56 Å². The molecular formula is C25H27FN6O. The highest BCUT2D eigenvalue weighted by molar-refractivity contribution is 5.82. The number of nitrogens with one attached hydrogen (secondary N) is 1. The monoisotopic (exact) mass is 446 g/mol. The van der Waals surface area contributed by atoms with Gasteiger partial charge in [-0.3, -0.25) is 9.69 Å². The second kappa shape index (κ2) is 8.86. The molecule has 0 unspecified atom stereocenters. The number of halogens is 1. The molecule has 2 aromatic carbocycles. The third-order valence-electron chi connectivity index (χ3n) is 6.51. The fraction of sp³-hybridized carbons (Fsp3) is 0.360. The molecule has 4 aromatic rings. The van der Waals surface area contributed by atoms with Gasteiger partial charge in [-0.25, -0.2) is 9.07 Å². The first kappa shape index (κ1) is 21.5. The molecular weight excluding hydrogens is 419 g/mol. The summed E-state index contributed by atoms with van der Waals surface area (Å²) in [6.45, 7) is 6.35. The normalized spacial score (nSPS) is 18.0. The fourth-order valence-electron chi connectivity index (χ4n) is 4.85. The number of H-pyrrole nitrogens is 1. The number of rotatable bonds is 5. The van der Waals surface area contributed by atoms with Crippen LogP contribution in [0.1, 0.15) is 48.3 Å². The maximum Gasteiger partial charge on any atom is 0.253 e. The van der Waals surface area contributed by atoms with E-state index in [0.29, 0.717) is 23.9 Å². The number of hydrogen-bond acceptors (Lipinski definition) is 5. The van der Waals surface area contributed by atoms with Crippen molar-refractivity contribution >= 4 is 10.9 Å². The van der Waals surface area contributed by atoms with Crippen LogP contribution in [-0.2, 0) is 6.54 Å². The Labute approximate surface area is 191 Å². The lowest BCUT2D eigenvalue weighted by molar-refractivity contribution is 0.141. The molecule has 1 aliphatic heterocycles. The summed E-state index contributed by atoms with van der Waals surface area (Å²) in [6.07, 6.45) is 2.22. The zero-order valence-electron chi connectivity index (χ0n) is 18.8. The Morgan fingerprint density at radius 2 is 2.03 bits per heavy atom. The van der Waals surface area contributed by atoms with Gasteiger partial charge < -0.3 is 4.98 Å². The van der Waals surface area contributed by atoms with Crippen LogP contribution in [0.15, 0.2) is 53.3 Å². The molecule has 0 bridgehead atoms. The highest BCUT2D eigenvalue weighted by atomic mass is 19.1. The summed E-state index contributed by atoms with van der Waals surface area (Å²) < 4.78 is 15.1. The Morgan fingerprint density at radius 1 is 1.21 bits per heavy atom. The summed E-state index contributed by atoms with van der Waals surface area (Å²) >= 11 is 0. The van der Waals surface area contributed by atoms with E-state index < -0.39 is 0 Å². The minimum atomic E-state index is -0.378. The number of piperidine rings is 1. The van der Waals surface area contributed by atoms with Gasteiger partial charge in [0.15, 0.2) is 5.82 Å². The number of fused-ring (bicyclic) bond motifs is 1. The molecule has 2 atom stereocenters. The van der Waals surface area contributed by atoms with Gasteiger partial charge in [0, 0.05) is 12.1 Å². The topological polar surface area (TPSA) is 79.7 Å². The van der Waals surface area contributed by atoms with Crippen LogP contribution in [0.25, 0.3) is 10.9 Å². The zero-order chi connectivity index (χ0) is 22.9. The van der Waals surface area contributed by atoms with E-state index in [-0.39, 0.29) is 17.4 Å². The van der Waals surface area contributed by atoms with E-state index in [9.17, 15) is 9.18 Å². The smallest absolute Gasteiger partial charge is 0.253 e. The molecule has 0 amide bonds. The van der Waals surface area contributed by atoms with Crippen molar-refractivity contribution in [2.45, 2.75) is 39.3 Å². The van der Waals surface area contributed by atoms with Crippen LogP contribution in [0.4, 0.5) is 4.39 Å². The summed E-state index contributed by atoms with van der Waals surface area (Å²) in [5.74, 6) is 0.851. The Bertz CT molecular complexity index is 1330. The van der Waals surface area contributed by atoms with Gasteiger partial charge in [0.05, 0.1) is 12.1 Å². The van der Waals surface area contributed by atoms with E-state index in [1.165, 1.54) is 12.1 Å². The van der Waals surface area contributed by atoms with Crippen molar-refractivity contribution in [3.05, 3.63) is 87.2 Å². The van der Waals surface area contributed by atoms with Crippen molar-refractivity contribution in [2.75, 3.05) is 13.1 Å². The maximum absolute atomic E-state index is 13.4. The van der Waals surface area contributed by atoms with Crippen molar-refractivity contribution in [2.24, 2.45) is 5.92 Å². The molecule has 0 spiro atoms. The maximum atomic E-state index is 13.4. The highest BCUT2D eigenvalue weighted by Crippen LogP contribution is 2.31. The van der Waals surface area contributed by atoms with Crippen molar-refractivity contribution in [1.29, 1.82) is 0 Å². The molecule has 3 heterocycles. The lowest BCUT2D eigenvalue weighted by Crippen LogP contribution is -2.41. The quantitative estimate of drug-likeness (QED) is 0.504. The second-order valence-corrected chi connectivity index (χ2v) is 9.06. The summed E-state index contributed by atoms with van der Waals surface area (Å²) in [4.78, 5) is 18.8. The number of nitrogens with zero attached hydrogens (tertiary/aromatic N) is 5. The fourth-order valence-corrected chi connectivity index (χ4v) is 4.85. The van der Waals surface area contributed by atoms with E-state index in [1.54, 1.807) is 16.8 Å². The third kappa shape index (κ3) is 4.30. The largest absolute Gasteiger partial charge is 0.321 e. The number of aryl methyl sites for hydroxylation is 1. The first-order valence-electron chi connectivity index (χ1n) is 11.4. The summed E-state index contributed by atoms with van der Waals surface area (Å²) in [5.41, 5.74) is 3.27. The molecule has 1 fully saturated rings. The van der Waals surface area contributed by atoms with E-state index in [2.05, 4.69) is 32.3 Å². The molecule has 0 radical (unpaired) electrons. The first-order valence-corrected chi connectivity index (χ1v) is 11.4. The predicted molar refractivity (Wildman–Crippen MR) is 124 cm³/mol. The number of para-hydroxylation sites is 1. The van der Waals surface area contributed by atoms with Crippen LogP contribution in [0.2, 0.25) is 0 Å². The van der Waals surface area contributed by atoms with Gasteiger partial charge in [0.25, 0.3) is 5.56 Å². The van der Waals surface area contributed by atoms with Crippen LogP contribution in [0, 0.1) is 18.7 Å². The molecule has 170 valence electrons. The molecule has 2 aromatic heterocycles. The summed E-state index contributed by atoms with van der Waals surface area (Å²) in [5, 5.41) is 13.5. The molecule has 33 heavy (non-hydrogen) atoms. The molecule has 1 N–H and O–H groups in total. The van der Waals surface area contributed by atoms with Crippen molar-refractivity contribution in [3.8, 4) is 0 Å². The summed E-state index contributed by atoms with van der Waals surface area (Å²) in [6, 6.07) is 13.9. The summed E-state index contributed by atoms with van der Waals surface area (Å²) in [7, 11) is 0. The van der Waals surface area contributed by atoms with Gasteiger partial charge in [0.2, 0.25) is 0 Å². The van der Waals surface area contributed by atoms with E-state index >= 15 is 0 Å². The standard InChI is InChI=1S/C25H27FN6O/c1-16-5-4-12-31(14-16)23(21-13-19-7-3-6-17(2)22(19)27-25(21)33)24-28-29-30-32(24)15-18-8-10-20(26)11-9-18/h3,6-11,13,16,23H,4-5,12,14-15H2,1-2H3,(H,27,33)/t16-,23-/m0/s1. The molecule has 5 rings (SSSR count). The van der Waals surface area contributed by atoms with Crippen LogP contribution >= 0.6 is 0 Å². The minimum absolute atomic E-state index is 0.128. The second-order valence-electron chi connectivity index (χ2n) is 9.06. The van der Waals surface area contributed by atoms with Crippen molar-refractivity contribution in [1.82, 2.24) is 30.1 Å². The Hall–Kier alpha value is -3.39. The third-order valence-corrected chi connectivity index (χ3v) is 6.51. The number of tetrazole rings is 1.